The second kappa shape index (κ2) is 6.23. The smallest absolute Gasteiger partial charge is 0.303 e. The summed E-state index contributed by atoms with van der Waals surface area (Å²) in [5.41, 5.74) is 0. The van der Waals surface area contributed by atoms with Crippen LogP contribution in [0.3, 0.4) is 0 Å². The molecular weight excluding hydrogens is 314 g/mol. The van der Waals surface area contributed by atoms with Crippen molar-refractivity contribution in [3.05, 3.63) is 22.6 Å². The fourth-order valence-electron chi connectivity index (χ4n) is 2.40. The Labute approximate surface area is 119 Å². The number of hydrogen-bond acceptors (Lipinski definition) is 3. The van der Waals surface area contributed by atoms with Crippen molar-refractivity contribution in [1.29, 1.82) is 0 Å². The third kappa shape index (κ3) is 3.83. The van der Waals surface area contributed by atoms with Crippen molar-refractivity contribution in [1.82, 2.24) is 4.90 Å². The maximum atomic E-state index is 12.2. The van der Waals surface area contributed by atoms with Crippen molar-refractivity contribution in [2.45, 2.75) is 25.7 Å². The molecule has 0 spiro atoms. The Morgan fingerprint density at radius 1 is 1.47 bits per heavy atom. The number of piperidine rings is 1. The van der Waals surface area contributed by atoms with Crippen LogP contribution in [-0.2, 0) is 4.79 Å². The van der Waals surface area contributed by atoms with Gasteiger partial charge in [-0.25, -0.2) is 0 Å². The van der Waals surface area contributed by atoms with Gasteiger partial charge >= 0.3 is 5.97 Å². The first-order chi connectivity index (χ1) is 9.06. The normalized spacial score (nSPS) is 19.4. The Hall–Kier alpha value is -1.30. The summed E-state index contributed by atoms with van der Waals surface area (Å²) in [4.78, 5) is 24.5. The van der Waals surface area contributed by atoms with Crippen LogP contribution in [0.1, 0.15) is 36.2 Å². The number of carbonyl (C=O) groups is 2. The van der Waals surface area contributed by atoms with E-state index in [4.69, 9.17) is 9.52 Å². The van der Waals surface area contributed by atoms with E-state index in [2.05, 4.69) is 15.9 Å². The molecule has 1 fully saturated rings. The zero-order valence-corrected chi connectivity index (χ0v) is 12.1. The topological polar surface area (TPSA) is 70.8 Å². The number of aliphatic carboxylic acids is 1. The maximum Gasteiger partial charge on any atom is 0.303 e. The molecule has 1 amide bonds. The lowest BCUT2D eigenvalue weighted by Gasteiger charge is -2.32. The van der Waals surface area contributed by atoms with Gasteiger partial charge in [-0.1, -0.05) is 0 Å². The summed E-state index contributed by atoms with van der Waals surface area (Å²) >= 11 is 3.17. The van der Waals surface area contributed by atoms with Crippen LogP contribution in [0.5, 0.6) is 0 Å². The molecule has 0 bridgehead atoms. The Bertz CT molecular complexity index is 471. The van der Waals surface area contributed by atoms with E-state index in [1.807, 2.05) is 0 Å². The number of hydrogen-bond donors (Lipinski definition) is 1. The molecule has 0 aliphatic carbocycles. The molecule has 19 heavy (non-hydrogen) atoms. The van der Waals surface area contributed by atoms with Gasteiger partial charge in [-0.3, -0.25) is 9.59 Å². The van der Waals surface area contributed by atoms with Crippen LogP contribution in [0, 0.1) is 5.92 Å². The molecule has 104 valence electrons. The van der Waals surface area contributed by atoms with Crippen molar-refractivity contribution in [2.75, 3.05) is 13.1 Å². The lowest BCUT2D eigenvalue weighted by atomic mass is 9.93. The third-order valence-corrected chi connectivity index (χ3v) is 3.78. The van der Waals surface area contributed by atoms with Gasteiger partial charge in [0.05, 0.1) is 0 Å². The minimum atomic E-state index is -0.779. The first-order valence-corrected chi connectivity index (χ1v) is 7.12. The summed E-state index contributed by atoms with van der Waals surface area (Å²) in [5.74, 6) is -0.304. The van der Waals surface area contributed by atoms with Gasteiger partial charge in [0.1, 0.15) is 0 Å². The molecule has 1 aromatic rings. The fourth-order valence-corrected chi connectivity index (χ4v) is 2.70. The average molecular weight is 330 g/mol. The average Bonchev–Trinajstić information content (AvgIpc) is 2.82. The SMILES string of the molecule is O=C(O)CC[C@@H]1CCCN(C(=O)c2ccc(Br)o2)C1. The lowest BCUT2D eigenvalue weighted by molar-refractivity contribution is -0.137. The molecule has 0 unspecified atom stereocenters. The number of halogens is 1. The lowest BCUT2D eigenvalue weighted by Crippen LogP contribution is -2.39. The highest BCUT2D eigenvalue weighted by Crippen LogP contribution is 2.23. The number of amides is 1. The molecular formula is C13H16BrNO4. The van der Waals surface area contributed by atoms with Gasteiger partial charge in [0.25, 0.3) is 5.91 Å². The van der Waals surface area contributed by atoms with Crippen LogP contribution in [0.25, 0.3) is 0 Å². The largest absolute Gasteiger partial charge is 0.481 e. The standard InChI is InChI=1S/C13H16BrNO4/c14-11-5-4-10(19-11)13(18)15-7-1-2-9(8-15)3-6-12(16)17/h4-5,9H,1-3,6-8H2,(H,16,17)/t9-/m0/s1. The molecule has 1 aliphatic heterocycles. The van der Waals surface area contributed by atoms with E-state index in [-0.39, 0.29) is 18.2 Å². The van der Waals surface area contributed by atoms with Gasteiger partial charge < -0.3 is 14.4 Å². The second-order valence-electron chi connectivity index (χ2n) is 4.80. The van der Waals surface area contributed by atoms with Crippen LogP contribution in [0.4, 0.5) is 0 Å². The molecule has 0 aromatic carbocycles. The van der Waals surface area contributed by atoms with Crippen molar-refractivity contribution in [3.8, 4) is 0 Å². The molecule has 1 aromatic heterocycles. The summed E-state index contributed by atoms with van der Waals surface area (Å²) in [6.45, 7) is 1.32. The highest BCUT2D eigenvalue weighted by atomic mass is 79.9. The molecule has 6 heteroatoms. The van der Waals surface area contributed by atoms with Gasteiger partial charge in [-0.2, -0.15) is 0 Å². The Morgan fingerprint density at radius 3 is 2.89 bits per heavy atom. The molecule has 2 heterocycles. The first-order valence-electron chi connectivity index (χ1n) is 6.32. The molecule has 1 atom stereocenters. The first kappa shape index (κ1) is 14.1. The predicted octanol–water partition coefficient (Wildman–Crippen LogP) is 2.76. The van der Waals surface area contributed by atoms with Crippen LogP contribution in [-0.4, -0.2) is 35.0 Å². The Balaban J connectivity index is 1.93. The zero-order valence-electron chi connectivity index (χ0n) is 10.5. The van der Waals surface area contributed by atoms with Gasteiger partial charge in [0, 0.05) is 19.5 Å². The molecule has 5 nitrogen and oxygen atoms in total. The minimum Gasteiger partial charge on any atom is -0.481 e. The van der Waals surface area contributed by atoms with Gasteiger partial charge in [-0.05, 0) is 53.2 Å². The van der Waals surface area contributed by atoms with Crippen LogP contribution in [0.2, 0.25) is 0 Å². The molecule has 1 N–H and O–H groups in total. The van der Waals surface area contributed by atoms with E-state index in [0.717, 1.165) is 12.8 Å². The highest BCUT2D eigenvalue weighted by Gasteiger charge is 2.26. The van der Waals surface area contributed by atoms with Crippen molar-refractivity contribution < 1.29 is 19.1 Å². The molecule has 2 rings (SSSR count). The van der Waals surface area contributed by atoms with Crippen LogP contribution < -0.4 is 0 Å². The molecule has 1 aliphatic rings. The highest BCUT2D eigenvalue weighted by molar-refractivity contribution is 9.10. The summed E-state index contributed by atoms with van der Waals surface area (Å²) in [7, 11) is 0. The van der Waals surface area contributed by atoms with Crippen molar-refractivity contribution in [2.24, 2.45) is 5.92 Å². The van der Waals surface area contributed by atoms with E-state index in [9.17, 15) is 9.59 Å². The zero-order chi connectivity index (χ0) is 13.8. The van der Waals surface area contributed by atoms with Gasteiger partial charge in [0.15, 0.2) is 10.4 Å². The van der Waals surface area contributed by atoms with Gasteiger partial charge in [-0.15, -0.1) is 0 Å². The van der Waals surface area contributed by atoms with Gasteiger partial charge in [0.2, 0.25) is 0 Å². The molecule has 0 saturated carbocycles. The maximum absolute atomic E-state index is 12.2. The fraction of sp³-hybridized carbons (Fsp3) is 0.538. The number of carboxylic acids is 1. The monoisotopic (exact) mass is 329 g/mol. The predicted molar refractivity (Wildman–Crippen MR) is 71.9 cm³/mol. The number of carboxylic acid groups (broad SMARTS) is 1. The Kier molecular flexibility index (Phi) is 4.63. The summed E-state index contributed by atoms with van der Waals surface area (Å²) in [5, 5.41) is 8.70. The number of rotatable bonds is 4. The summed E-state index contributed by atoms with van der Waals surface area (Å²) < 4.78 is 5.80. The Morgan fingerprint density at radius 2 is 2.26 bits per heavy atom. The summed E-state index contributed by atoms with van der Waals surface area (Å²) in [6.07, 6.45) is 2.69. The van der Waals surface area contributed by atoms with E-state index < -0.39 is 5.97 Å². The number of nitrogens with zero attached hydrogens (tertiary/aromatic N) is 1. The van der Waals surface area contributed by atoms with Crippen molar-refractivity contribution in [3.63, 3.8) is 0 Å². The number of carbonyl (C=O) groups excluding carboxylic acids is 1. The van der Waals surface area contributed by atoms with E-state index in [0.29, 0.717) is 29.9 Å². The summed E-state index contributed by atoms with van der Waals surface area (Å²) in [6, 6.07) is 3.34. The quantitative estimate of drug-likeness (QED) is 0.921. The van der Waals surface area contributed by atoms with E-state index in [1.54, 1.807) is 17.0 Å². The number of likely N-dealkylation sites (tertiary alicyclic amines) is 1. The van der Waals surface area contributed by atoms with Crippen LogP contribution >= 0.6 is 15.9 Å². The van der Waals surface area contributed by atoms with E-state index >= 15 is 0 Å². The third-order valence-electron chi connectivity index (χ3n) is 3.36. The number of furan rings is 1. The molecule has 0 radical (unpaired) electrons. The van der Waals surface area contributed by atoms with E-state index in [1.165, 1.54) is 0 Å². The van der Waals surface area contributed by atoms with Crippen LogP contribution in [0.15, 0.2) is 21.2 Å². The molecule has 1 saturated heterocycles. The second-order valence-corrected chi connectivity index (χ2v) is 5.58. The van der Waals surface area contributed by atoms with Crippen molar-refractivity contribution >= 4 is 27.8 Å². The minimum absolute atomic E-state index is 0.120.